The topological polar surface area (TPSA) is 25.8 Å². The van der Waals surface area contributed by atoms with E-state index in [-0.39, 0.29) is 0 Å². The van der Waals surface area contributed by atoms with Crippen LogP contribution in [0, 0.1) is 0 Å². The summed E-state index contributed by atoms with van der Waals surface area (Å²) in [7, 11) is 0. The van der Waals surface area contributed by atoms with Crippen LogP contribution in [0.4, 0.5) is 0 Å². The molecule has 0 aliphatic heterocycles. The Morgan fingerprint density at radius 3 is 1.23 bits per heavy atom. The third-order valence-electron chi connectivity index (χ3n) is 7.32. The minimum absolute atomic E-state index is 0.729. The van der Waals surface area contributed by atoms with Gasteiger partial charge in [0.05, 0.1) is 11.2 Å². The van der Waals surface area contributed by atoms with Gasteiger partial charge in [-0.15, -0.1) is 0 Å². The maximum atomic E-state index is 5.08. The first kappa shape index (κ1) is 23.8. The second-order valence-electron chi connectivity index (χ2n) is 9.88. The van der Waals surface area contributed by atoms with Crippen molar-refractivity contribution in [3.63, 3.8) is 0 Å². The van der Waals surface area contributed by atoms with Crippen LogP contribution in [-0.4, -0.2) is 9.97 Å². The van der Waals surface area contributed by atoms with Crippen LogP contribution in [0.3, 0.4) is 0 Å². The molecule has 6 aromatic carbocycles. The molecule has 1 aromatic heterocycles. The number of hydrogen-bond acceptors (Lipinski definition) is 2. The van der Waals surface area contributed by atoms with Gasteiger partial charge in [-0.2, -0.15) is 0 Å². The number of aromatic nitrogens is 2. The average molecular weight is 511 g/mol. The summed E-state index contributed by atoms with van der Waals surface area (Å²) in [6, 6.07) is 55.1. The van der Waals surface area contributed by atoms with Gasteiger partial charge >= 0.3 is 0 Å². The summed E-state index contributed by atoms with van der Waals surface area (Å²) >= 11 is 0. The number of rotatable bonds is 5. The molecule has 0 radical (unpaired) electrons. The average Bonchev–Trinajstić information content (AvgIpc) is 3.05. The minimum atomic E-state index is 0.729. The van der Waals surface area contributed by atoms with E-state index in [0.717, 1.165) is 44.7 Å². The first-order valence-electron chi connectivity index (χ1n) is 13.5. The summed E-state index contributed by atoms with van der Waals surface area (Å²) in [6.45, 7) is 0. The molecule has 188 valence electrons. The lowest BCUT2D eigenvalue weighted by Crippen LogP contribution is -1.95. The first-order valence-corrected chi connectivity index (χ1v) is 13.5. The Morgan fingerprint density at radius 2 is 0.700 bits per heavy atom. The Kier molecular flexibility index (Phi) is 6.20. The standard InChI is InChI=1S/C38H26N2/c1-4-10-27(11-5-1)29-16-18-31(19-17-29)34-24-25-35-36(26-34)39-38(33-14-8-3-9-15-33)40-37(35)32-22-20-30(21-23-32)28-12-6-2-7-13-28/h1-26H. The van der Waals surface area contributed by atoms with Crippen molar-refractivity contribution in [1.29, 1.82) is 0 Å². The van der Waals surface area contributed by atoms with E-state index in [1.54, 1.807) is 0 Å². The molecular formula is C38H26N2. The molecular weight excluding hydrogens is 484 g/mol. The molecule has 0 aliphatic rings. The van der Waals surface area contributed by atoms with Gasteiger partial charge in [-0.05, 0) is 45.5 Å². The second-order valence-corrected chi connectivity index (χ2v) is 9.88. The summed E-state index contributed by atoms with van der Waals surface area (Å²) in [5.41, 5.74) is 11.1. The van der Waals surface area contributed by atoms with E-state index in [0.29, 0.717) is 0 Å². The van der Waals surface area contributed by atoms with Gasteiger partial charge in [0, 0.05) is 16.5 Å². The van der Waals surface area contributed by atoms with Crippen molar-refractivity contribution in [3.8, 4) is 56.0 Å². The van der Waals surface area contributed by atoms with E-state index < -0.39 is 0 Å². The molecule has 40 heavy (non-hydrogen) atoms. The molecule has 0 spiro atoms. The lowest BCUT2D eigenvalue weighted by atomic mass is 9.97. The zero-order valence-electron chi connectivity index (χ0n) is 21.9. The molecule has 7 rings (SSSR count). The molecule has 0 atom stereocenters. The zero-order chi connectivity index (χ0) is 26.7. The number of benzene rings is 6. The van der Waals surface area contributed by atoms with Crippen LogP contribution in [0.2, 0.25) is 0 Å². The Hall–Kier alpha value is -5.34. The van der Waals surface area contributed by atoms with Crippen molar-refractivity contribution in [2.24, 2.45) is 0 Å². The van der Waals surface area contributed by atoms with Gasteiger partial charge in [-0.3, -0.25) is 0 Å². The molecule has 0 aliphatic carbocycles. The predicted molar refractivity (Wildman–Crippen MR) is 167 cm³/mol. The second kappa shape index (κ2) is 10.4. The highest BCUT2D eigenvalue weighted by Gasteiger charge is 2.13. The summed E-state index contributed by atoms with van der Waals surface area (Å²) in [6.07, 6.45) is 0. The SMILES string of the molecule is c1ccc(-c2ccc(-c3ccc4c(-c5ccc(-c6ccccc6)cc5)nc(-c5ccccc5)nc4c3)cc2)cc1. The van der Waals surface area contributed by atoms with Gasteiger partial charge < -0.3 is 0 Å². The van der Waals surface area contributed by atoms with Crippen molar-refractivity contribution in [2.45, 2.75) is 0 Å². The van der Waals surface area contributed by atoms with Crippen molar-refractivity contribution >= 4 is 10.9 Å². The fourth-order valence-corrected chi connectivity index (χ4v) is 5.18. The van der Waals surface area contributed by atoms with Crippen LogP contribution in [0.1, 0.15) is 0 Å². The summed E-state index contributed by atoms with van der Waals surface area (Å²) < 4.78 is 0. The quantitative estimate of drug-likeness (QED) is 0.230. The molecule has 1 heterocycles. The lowest BCUT2D eigenvalue weighted by molar-refractivity contribution is 1.23. The van der Waals surface area contributed by atoms with E-state index in [9.17, 15) is 0 Å². The highest BCUT2D eigenvalue weighted by Crippen LogP contribution is 2.33. The minimum Gasteiger partial charge on any atom is -0.228 e. The van der Waals surface area contributed by atoms with Crippen molar-refractivity contribution in [2.75, 3.05) is 0 Å². The highest BCUT2D eigenvalue weighted by molar-refractivity contribution is 5.96. The fraction of sp³-hybridized carbons (Fsp3) is 0. The third-order valence-corrected chi connectivity index (χ3v) is 7.32. The molecule has 0 saturated carbocycles. The maximum Gasteiger partial charge on any atom is 0.160 e. The molecule has 0 unspecified atom stereocenters. The molecule has 0 bridgehead atoms. The normalized spacial score (nSPS) is 11.0. The van der Waals surface area contributed by atoms with E-state index in [2.05, 4.69) is 127 Å². The van der Waals surface area contributed by atoms with Crippen molar-refractivity contribution in [1.82, 2.24) is 9.97 Å². The zero-order valence-corrected chi connectivity index (χ0v) is 21.9. The fourth-order valence-electron chi connectivity index (χ4n) is 5.18. The molecule has 2 nitrogen and oxygen atoms in total. The summed E-state index contributed by atoms with van der Waals surface area (Å²) in [4.78, 5) is 10.1. The van der Waals surface area contributed by atoms with Gasteiger partial charge in [-0.1, -0.05) is 146 Å². The van der Waals surface area contributed by atoms with Gasteiger partial charge in [0.2, 0.25) is 0 Å². The Morgan fingerprint density at radius 1 is 0.300 bits per heavy atom. The Balaban J connectivity index is 1.32. The van der Waals surface area contributed by atoms with Gasteiger partial charge in [0.1, 0.15) is 0 Å². The van der Waals surface area contributed by atoms with Crippen LogP contribution in [0.15, 0.2) is 158 Å². The van der Waals surface area contributed by atoms with Gasteiger partial charge in [0.25, 0.3) is 0 Å². The molecule has 0 saturated heterocycles. The van der Waals surface area contributed by atoms with E-state index in [4.69, 9.17) is 9.97 Å². The van der Waals surface area contributed by atoms with E-state index in [1.165, 1.54) is 22.3 Å². The smallest absolute Gasteiger partial charge is 0.160 e. The third kappa shape index (κ3) is 4.68. The summed E-state index contributed by atoms with van der Waals surface area (Å²) in [5, 5.41) is 1.04. The number of nitrogens with zero attached hydrogens (tertiary/aromatic N) is 2. The van der Waals surface area contributed by atoms with E-state index >= 15 is 0 Å². The summed E-state index contributed by atoms with van der Waals surface area (Å²) in [5.74, 6) is 0.729. The first-order chi connectivity index (χ1) is 19.8. The maximum absolute atomic E-state index is 5.08. The molecule has 0 amide bonds. The van der Waals surface area contributed by atoms with Crippen LogP contribution in [0.5, 0.6) is 0 Å². The molecule has 2 heteroatoms. The van der Waals surface area contributed by atoms with Crippen LogP contribution in [0.25, 0.3) is 66.9 Å². The van der Waals surface area contributed by atoms with Crippen molar-refractivity contribution < 1.29 is 0 Å². The van der Waals surface area contributed by atoms with Gasteiger partial charge in [-0.25, -0.2) is 9.97 Å². The number of hydrogen-bond donors (Lipinski definition) is 0. The highest BCUT2D eigenvalue weighted by atomic mass is 14.9. The van der Waals surface area contributed by atoms with Crippen LogP contribution >= 0.6 is 0 Å². The van der Waals surface area contributed by atoms with Crippen LogP contribution < -0.4 is 0 Å². The Labute approximate surface area is 234 Å². The molecule has 0 N–H and O–H groups in total. The van der Waals surface area contributed by atoms with Crippen molar-refractivity contribution in [3.05, 3.63) is 158 Å². The Bertz CT molecular complexity index is 1890. The monoisotopic (exact) mass is 510 g/mol. The predicted octanol–water partition coefficient (Wildman–Crippen LogP) is 9.96. The van der Waals surface area contributed by atoms with E-state index in [1.807, 2.05) is 30.3 Å². The molecule has 0 fully saturated rings. The largest absolute Gasteiger partial charge is 0.228 e. The number of fused-ring (bicyclic) bond motifs is 1. The molecule has 7 aromatic rings. The lowest BCUT2D eigenvalue weighted by Gasteiger charge is -2.12. The van der Waals surface area contributed by atoms with Crippen LogP contribution in [-0.2, 0) is 0 Å². The van der Waals surface area contributed by atoms with Gasteiger partial charge in [0.15, 0.2) is 5.82 Å².